The van der Waals surface area contributed by atoms with E-state index in [4.69, 9.17) is 4.74 Å². The molecule has 23 heavy (non-hydrogen) atoms. The monoisotopic (exact) mass is 372 g/mol. The molecule has 0 aliphatic carbocycles. The Bertz CT molecular complexity index is 785. The molecule has 2 aromatic rings. The Morgan fingerprint density at radius 2 is 1.74 bits per heavy atom. The number of nitrogens with one attached hydrogen (secondary N) is 2. The van der Waals surface area contributed by atoms with Crippen molar-refractivity contribution in [2.75, 3.05) is 0 Å². The molecular weight excluding hydrogens is 360 g/mol. The largest absolute Gasteiger partial charge is 0.488 e. The van der Waals surface area contributed by atoms with Crippen LogP contribution in [0.3, 0.4) is 0 Å². The van der Waals surface area contributed by atoms with Crippen LogP contribution in [-0.2, 0) is 11.4 Å². The van der Waals surface area contributed by atoms with E-state index in [0.717, 1.165) is 15.6 Å². The molecule has 2 aromatic carbocycles. The van der Waals surface area contributed by atoms with Gasteiger partial charge < -0.3 is 10.1 Å². The number of carbonyl (C=O) groups is 2. The van der Waals surface area contributed by atoms with E-state index in [2.05, 4.69) is 26.6 Å². The van der Waals surface area contributed by atoms with Gasteiger partial charge in [0.25, 0.3) is 5.91 Å². The fraction of sp³-hybridized carbons (Fsp3) is 0.0588. The maximum atomic E-state index is 11.6. The first-order valence-corrected chi connectivity index (χ1v) is 7.71. The van der Waals surface area contributed by atoms with E-state index < -0.39 is 11.9 Å². The average molecular weight is 373 g/mol. The molecule has 1 fully saturated rings. The topological polar surface area (TPSA) is 67.4 Å². The molecular formula is C17H13BrN2O3. The van der Waals surface area contributed by atoms with E-state index in [1.54, 1.807) is 6.08 Å². The predicted molar refractivity (Wildman–Crippen MR) is 89.6 cm³/mol. The van der Waals surface area contributed by atoms with Crippen LogP contribution >= 0.6 is 15.9 Å². The molecule has 3 rings (SSSR count). The van der Waals surface area contributed by atoms with Gasteiger partial charge in [-0.05, 0) is 29.8 Å². The van der Waals surface area contributed by atoms with Crippen molar-refractivity contribution >= 4 is 33.9 Å². The quantitative estimate of drug-likeness (QED) is 0.639. The van der Waals surface area contributed by atoms with E-state index in [1.807, 2.05) is 48.5 Å². The molecule has 1 aliphatic heterocycles. The van der Waals surface area contributed by atoms with Crippen LogP contribution in [0.1, 0.15) is 11.1 Å². The van der Waals surface area contributed by atoms with Gasteiger partial charge in [0.05, 0.1) is 0 Å². The van der Waals surface area contributed by atoms with Crippen LogP contribution in [-0.4, -0.2) is 11.9 Å². The fourth-order valence-corrected chi connectivity index (χ4v) is 2.38. The summed E-state index contributed by atoms with van der Waals surface area (Å²) < 4.78 is 6.84. The van der Waals surface area contributed by atoms with Gasteiger partial charge in [-0.25, -0.2) is 4.79 Å². The summed E-state index contributed by atoms with van der Waals surface area (Å²) in [4.78, 5) is 22.8. The zero-order valence-corrected chi connectivity index (χ0v) is 13.6. The van der Waals surface area contributed by atoms with Crippen LogP contribution in [0.15, 0.2) is 58.7 Å². The lowest BCUT2D eigenvalue weighted by Crippen LogP contribution is -2.22. The number of benzene rings is 2. The number of carbonyl (C=O) groups excluding carboxylic acids is 2. The number of amides is 3. The Balaban J connectivity index is 1.78. The van der Waals surface area contributed by atoms with Gasteiger partial charge in [-0.3, -0.25) is 10.1 Å². The minimum absolute atomic E-state index is 0.203. The average Bonchev–Trinajstić information content (AvgIpc) is 2.86. The molecule has 0 spiro atoms. The Kier molecular flexibility index (Phi) is 4.43. The van der Waals surface area contributed by atoms with Crippen LogP contribution in [0.25, 0.3) is 6.08 Å². The van der Waals surface area contributed by atoms with Crippen LogP contribution < -0.4 is 15.4 Å². The fourth-order valence-electron chi connectivity index (χ4n) is 2.11. The molecule has 5 nitrogen and oxygen atoms in total. The summed E-state index contributed by atoms with van der Waals surface area (Å²) in [6, 6.07) is 14.7. The van der Waals surface area contributed by atoms with Gasteiger partial charge in [0, 0.05) is 10.0 Å². The number of hydrogen-bond acceptors (Lipinski definition) is 3. The molecule has 2 N–H and O–H groups in total. The molecule has 0 bridgehead atoms. The first-order chi connectivity index (χ1) is 11.1. The Morgan fingerprint density at radius 1 is 1.00 bits per heavy atom. The van der Waals surface area contributed by atoms with Crippen molar-refractivity contribution in [2.24, 2.45) is 0 Å². The van der Waals surface area contributed by atoms with Crippen LogP contribution in [0.2, 0.25) is 0 Å². The Hall–Kier alpha value is -2.60. The number of ether oxygens (including phenoxy) is 1. The maximum Gasteiger partial charge on any atom is 0.326 e. The van der Waals surface area contributed by atoms with E-state index in [1.165, 1.54) is 0 Å². The lowest BCUT2D eigenvalue weighted by atomic mass is 10.1. The van der Waals surface area contributed by atoms with E-state index in [0.29, 0.717) is 12.4 Å². The summed E-state index contributed by atoms with van der Waals surface area (Å²) in [6.07, 6.45) is 1.59. The van der Waals surface area contributed by atoms with Gasteiger partial charge in [-0.2, -0.15) is 0 Å². The third kappa shape index (κ3) is 3.78. The lowest BCUT2D eigenvalue weighted by Gasteiger charge is -2.09. The smallest absolute Gasteiger partial charge is 0.326 e. The van der Waals surface area contributed by atoms with Gasteiger partial charge in [0.1, 0.15) is 18.1 Å². The summed E-state index contributed by atoms with van der Waals surface area (Å²) in [7, 11) is 0. The highest BCUT2D eigenvalue weighted by Gasteiger charge is 2.23. The second kappa shape index (κ2) is 6.66. The Labute approximate surface area is 141 Å². The molecule has 0 radical (unpaired) electrons. The molecule has 6 heteroatoms. The van der Waals surface area contributed by atoms with Crippen molar-refractivity contribution in [1.29, 1.82) is 0 Å². The van der Waals surface area contributed by atoms with Crippen molar-refractivity contribution in [3.8, 4) is 5.75 Å². The summed E-state index contributed by atoms with van der Waals surface area (Å²) >= 11 is 3.39. The lowest BCUT2D eigenvalue weighted by molar-refractivity contribution is -0.115. The molecule has 0 aromatic heterocycles. The standard InChI is InChI=1S/C17H13BrN2O3/c18-13-7-5-11(6-8-13)10-23-15-4-2-1-3-12(15)9-14-16(21)20-17(22)19-14/h1-9H,10H2,(H2,19,20,21,22)/b14-9+. The van der Waals surface area contributed by atoms with Gasteiger partial charge in [0.15, 0.2) is 0 Å². The van der Waals surface area contributed by atoms with Crippen LogP contribution in [0, 0.1) is 0 Å². The summed E-state index contributed by atoms with van der Waals surface area (Å²) in [6.45, 7) is 0.409. The van der Waals surface area contributed by atoms with Crippen LogP contribution in [0.4, 0.5) is 4.79 Å². The van der Waals surface area contributed by atoms with Gasteiger partial charge in [0.2, 0.25) is 0 Å². The minimum Gasteiger partial charge on any atom is -0.488 e. The molecule has 1 saturated heterocycles. The molecule has 1 heterocycles. The molecule has 116 valence electrons. The number of para-hydroxylation sites is 1. The second-order valence-electron chi connectivity index (χ2n) is 4.92. The van der Waals surface area contributed by atoms with E-state index in [-0.39, 0.29) is 5.70 Å². The summed E-state index contributed by atoms with van der Waals surface area (Å²) in [5, 5.41) is 4.63. The van der Waals surface area contributed by atoms with Gasteiger partial charge in [-0.15, -0.1) is 0 Å². The van der Waals surface area contributed by atoms with Gasteiger partial charge in [-0.1, -0.05) is 46.3 Å². The highest BCUT2D eigenvalue weighted by Crippen LogP contribution is 2.22. The molecule has 0 unspecified atom stereocenters. The minimum atomic E-state index is -0.519. The third-order valence-corrected chi connectivity index (χ3v) is 3.77. The summed E-state index contributed by atoms with van der Waals surface area (Å²) in [5.41, 5.74) is 1.95. The molecule has 3 amide bonds. The highest BCUT2D eigenvalue weighted by molar-refractivity contribution is 9.10. The zero-order valence-electron chi connectivity index (χ0n) is 12.0. The number of rotatable bonds is 4. The molecule has 1 aliphatic rings. The Morgan fingerprint density at radius 3 is 2.43 bits per heavy atom. The zero-order chi connectivity index (χ0) is 16.2. The van der Waals surface area contributed by atoms with Crippen molar-refractivity contribution < 1.29 is 14.3 Å². The van der Waals surface area contributed by atoms with Crippen molar-refractivity contribution in [2.45, 2.75) is 6.61 Å². The highest BCUT2D eigenvalue weighted by atomic mass is 79.9. The second-order valence-corrected chi connectivity index (χ2v) is 5.83. The molecule has 0 saturated carbocycles. The first-order valence-electron chi connectivity index (χ1n) is 6.92. The van der Waals surface area contributed by atoms with Crippen molar-refractivity contribution in [1.82, 2.24) is 10.6 Å². The molecule has 0 atom stereocenters. The third-order valence-electron chi connectivity index (χ3n) is 3.25. The first kappa shape index (κ1) is 15.3. The number of hydrogen-bond donors (Lipinski definition) is 2. The maximum absolute atomic E-state index is 11.6. The van der Waals surface area contributed by atoms with Crippen molar-refractivity contribution in [3.05, 3.63) is 69.8 Å². The van der Waals surface area contributed by atoms with Crippen LogP contribution in [0.5, 0.6) is 5.75 Å². The SMILES string of the molecule is O=C1NC(=O)/C(=C\c2ccccc2OCc2ccc(Br)cc2)N1. The van der Waals surface area contributed by atoms with Gasteiger partial charge >= 0.3 is 6.03 Å². The van der Waals surface area contributed by atoms with E-state index in [9.17, 15) is 9.59 Å². The summed E-state index contributed by atoms with van der Waals surface area (Å²) in [5.74, 6) is 0.189. The number of urea groups is 1. The number of halogens is 1. The van der Waals surface area contributed by atoms with E-state index >= 15 is 0 Å². The number of imide groups is 1. The normalized spacial score (nSPS) is 15.4. The predicted octanol–water partition coefficient (Wildman–Crippen LogP) is 3.21. The van der Waals surface area contributed by atoms with Crippen molar-refractivity contribution in [3.63, 3.8) is 0 Å².